The fourth-order valence-electron chi connectivity index (χ4n) is 1.54. The summed E-state index contributed by atoms with van der Waals surface area (Å²) in [6.45, 7) is 2.12. The van der Waals surface area contributed by atoms with Crippen molar-refractivity contribution in [1.82, 2.24) is 4.98 Å². The zero-order valence-electron chi connectivity index (χ0n) is 7.62. The van der Waals surface area contributed by atoms with E-state index in [4.69, 9.17) is 5.73 Å². The highest BCUT2D eigenvalue weighted by atomic mass is 14.7. The first kappa shape index (κ1) is 8.05. The van der Waals surface area contributed by atoms with Gasteiger partial charge in [0.05, 0.1) is 5.52 Å². The maximum Gasteiger partial charge on any atom is 0.0754 e. The van der Waals surface area contributed by atoms with E-state index in [0.717, 1.165) is 23.0 Å². The number of fused-ring (bicyclic) bond motifs is 1. The Balaban J connectivity index is 2.84. The predicted molar refractivity (Wildman–Crippen MR) is 55.5 cm³/mol. The van der Waals surface area contributed by atoms with Crippen LogP contribution in [0.25, 0.3) is 10.9 Å². The van der Waals surface area contributed by atoms with Crippen molar-refractivity contribution in [2.24, 2.45) is 0 Å². The average molecular weight is 172 g/mol. The Labute approximate surface area is 77.4 Å². The number of hydrogen-bond donors (Lipinski definition) is 1. The van der Waals surface area contributed by atoms with Gasteiger partial charge in [0, 0.05) is 17.3 Å². The third kappa shape index (κ3) is 1.24. The van der Waals surface area contributed by atoms with E-state index in [0.29, 0.717) is 0 Å². The van der Waals surface area contributed by atoms with Gasteiger partial charge in [0.25, 0.3) is 0 Å². The smallest absolute Gasteiger partial charge is 0.0754 e. The normalized spacial score (nSPS) is 10.5. The summed E-state index contributed by atoms with van der Waals surface area (Å²) in [5.74, 6) is 0. The van der Waals surface area contributed by atoms with Gasteiger partial charge in [-0.1, -0.05) is 25.1 Å². The number of nitrogens with zero attached hydrogens (tertiary/aromatic N) is 1. The lowest BCUT2D eigenvalue weighted by Crippen LogP contribution is -1.91. The minimum Gasteiger partial charge on any atom is -0.398 e. The Morgan fingerprint density at radius 2 is 2.15 bits per heavy atom. The van der Waals surface area contributed by atoms with Crippen LogP contribution in [0.5, 0.6) is 0 Å². The van der Waals surface area contributed by atoms with E-state index in [1.807, 2.05) is 18.2 Å². The average Bonchev–Trinajstić information content (AvgIpc) is 2.18. The van der Waals surface area contributed by atoms with Crippen molar-refractivity contribution in [3.05, 3.63) is 36.0 Å². The first-order valence-corrected chi connectivity index (χ1v) is 4.45. The van der Waals surface area contributed by atoms with Crippen molar-refractivity contribution >= 4 is 16.6 Å². The van der Waals surface area contributed by atoms with Crippen LogP contribution in [0.15, 0.2) is 30.5 Å². The lowest BCUT2D eigenvalue weighted by Gasteiger charge is -2.04. The Bertz CT molecular complexity index is 435. The molecule has 1 aromatic carbocycles. The summed E-state index contributed by atoms with van der Waals surface area (Å²) in [6, 6.07) is 7.96. The predicted octanol–water partition coefficient (Wildman–Crippen LogP) is 2.38. The molecule has 2 heteroatoms. The van der Waals surface area contributed by atoms with Gasteiger partial charge < -0.3 is 5.73 Å². The molecule has 0 aliphatic heterocycles. The molecule has 0 aliphatic rings. The van der Waals surface area contributed by atoms with Gasteiger partial charge in [0.2, 0.25) is 0 Å². The summed E-state index contributed by atoms with van der Waals surface area (Å²) in [7, 11) is 0. The van der Waals surface area contributed by atoms with E-state index in [1.54, 1.807) is 6.20 Å². The van der Waals surface area contributed by atoms with Crippen molar-refractivity contribution < 1.29 is 0 Å². The van der Waals surface area contributed by atoms with Crippen molar-refractivity contribution in [1.29, 1.82) is 0 Å². The summed E-state index contributed by atoms with van der Waals surface area (Å²) in [6.07, 6.45) is 2.75. The molecule has 0 atom stereocenters. The summed E-state index contributed by atoms with van der Waals surface area (Å²) in [5.41, 5.74) is 8.93. The summed E-state index contributed by atoms with van der Waals surface area (Å²) in [4.78, 5) is 4.33. The standard InChI is InChI=1S/C11H12N2/c1-2-8-4-3-5-9-10(12)6-7-13-11(8)9/h3-7H,2H2,1H3,(H2,12,13). The van der Waals surface area contributed by atoms with Gasteiger partial charge in [0.15, 0.2) is 0 Å². The molecule has 2 rings (SSSR count). The lowest BCUT2D eigenvalue weighted by molar-refractivity contribution is 1.14. The molecular weight excluding hydrogens is 160 g/mol. The van der Waals surface area contributed by atoms with Crippen molar-refractivity contribution in [2.75, 3.05) is 5.73 Å². The summed E-state index contributed by atoms with van der Waals surface area (Å²) < 4.78 is 0. The number of benzene rings is 1. The van der Waals surface area contributed by atoms with E-state index >= 15 is 0 Å². The largest absolute Gasteiger partial charge is 0.398 e. The molecule has 0 bridgehead atoms. The fourth-order valence-corrected chi connectivity index (χ4v) is 1.54. The van der Waals surface area contributed by atoms with Crippen LogP contribution in [-0.4, -0.2) is 4.98 Å². The second-order valence-electron chi connectivity index (χ2n) is 3.07. The molecule has 0 radical (unpaired) electrons. The molecule has 0 unspecified atom stereocenters. The van der Waals surface area contributed by atoms with Gasteiger partial charge in [-0.2, -0.15) is 0 Å². The molecule has 2 N–H and O–H groups in total. The van der Waals surface area contributed by atoms with Crippen LogP contribution in [0.2, 0.25) is 0 Å². The van der Waals surface area contributed by atoms with Crippen LogP contribution in [0, 0.1) is 0 Å². The van der Waals surface area contributed by atoms with Crippen LogP contribution in [-0.2, 0) is 6.42 Å². The van der Waals surface area contributed by atoms with Crippen LogP contribution in [0.4, 0.5) is 5.69 Å². The number of para-hydroxylation sites is 1. The number of rotatable bonds is 1. The molecule has 1 aromatic heterocycles. The van der Waals surface area contributed by atoms with Crippen LogP contribution in [0.1, 0.15) is 12.5 Å². The lowest BCUT2D eigenvalue weighted by atomic mass is 10.1. The van der Waals surface area contributed by atoms with Crippen LogP contribution >= 0.6 is 0 Å². The maximum absolute atomic E-state index is 5.84. The van der Waals surface area contributed by atoms with E-state index < -0.39 is 0 Å². The molecule has 0 aliphatic carbocycles. The number of aromatic nitrogens is 1. The zero-order chi connectivity index (χ0) is 9.26. The van der Waals surface area contributed by atoms with Crippen LogP contribution < -0.4 is 5.73 Å². The molecule has 0 saturated heterocycles. The molecule has 0 saturated carbocycles. The Morgan fingerprint density at radius 3 is 2.92 bits per heavy atom. The number of nitrogen functional groups attached to an aromatic ring is 1. The Morgan fingerprint density at radius 1 is 1.31 bits per heavy atom. The number of anilines is 1. The van der Waals surface area contributed by atoms with E-state index in [2.05, 4.69) is 18.0 Å². The van der Waals surface area contributed by atoms with E-state index in [1.165, 1.54) is 5.56 Å². The Hall–Kier alpha value is -1.57. The molecule has 0 amide bonds. The van der Waals surface area contributed by atoms with Gasteiger partial charge in [-0.25, -0.2) is 0 Å². The van der Waals surface area contributed by atoms with Crippen molar-refractivity contribution in [3.63, 3.8) is 0 Å². The van der Waals surface area contributed by atoms with Gasteiger partial charge in [-0.3, -0.25) is 4.98 Å². The van der Waals surface area contributed by atoms with Gasteiger partial charge in [-0.05, 0) is 18.1 Å². The minimum atomic E-state index is 0.806. The van der Waals surface area contributed by atoms with E-state index in [-0.39, 0.29) is 0 Å². The molecule has 2 aromatic rings. The quantitative estimate of drug-likeness (QED) is 0.717. The van der Waals surface area contributed by atoms with Crippen LogP contribution in [0.3, 0.4) is 0 Å². The molecule has 66 valence electrons. The summed E-state index contributed by atoms with van der Waals surface area (Å²) >= 11 is 0. The highest BCUT2D eigenvalue weighted by molar-refractivity contribution is 5.91. The van der Waals surface area contributed by atoms with Gasteiger partial charge in [0.1, 0.15) is 0 Å². The third-order valence-corrected chi connectivity index (χ3v) is 2.27. The third-order valence-electron chi connectivity index (χ3n) is 2.27. The number of nitrogens with two attached hydrogens (primary N) is 1. The molecule has 1 heterocycles. The number of hydrogen-bond acceptors (Lipinski definition) is 2. The Kier molecular flexibility index (Phi) is 1.89. The van der Waals surface area contributed by atoms with Gasteiger partial charge in [-0.15, -0.1) is 0 Å². The fraction of sp³-hybridized carbons (Fsp3) is 0.182. The first-order valence-electron chi connectivity index (χ1n) is 4.45. The minimum absolute atomic E-state index is 0.806. The SMILES string of the molecule is CCc1cccc2c(N)ccnc12. The topological polar surface area (TPSA) is 38.9 Å². The second-order valence-corrected chi connectivity index (χ2v) is 3.07. The number of pyridine rings is 1. The molecule has 0 spiro atoms. The number of aryl methyl sites for hydroxylation is 1. The maximum atomic E-state index is 5.84. The highest BCUT2D eigenvalue weighted by Gasteiger charge is 2.01. The molecule has 2 nitrogen and oxygen atoms in total. The summed E-state index contributed by atoms with van der Waals surface area (Å²) in [5, 5.41) is 1.06. The van der Waals surface area contributed by atoms with Gasteiger partial charge >= 0.3 is 0 Å². The molecule has 0 fully saturated rings. The molecular formula is C11H12N2. The molecule has 13 heavy (non-hydrogen) atoms. The van der Waals surface area contributed by atoms with Crippen molar-refractivity contribution in [3.8, 4) is 0 Å². The second kappa shape index (κ2) is 3.05. The zero-order valence-corrected chi connectivity index (χ0v) is 7.62. The van der Waals surface area contributed by atoms with Crippen molar-refractivity contribution in [2.45, 2.75) is 13.3 Å². The monoisotopic (exact) mass is 172 g/mol. The first-order chi connectivity index (χ1) is 6.33. The highest BCUT2D eigenvalue weighted by Crippen LogP contribution is 2.21. The van der Waals surface area contributed by atoms with E-state index in [9.17, 15) is 0 Å².